The van der Waals surface area contributed by atoms with Crippen LogP contribution in [0.5, 0.6) is 11.5 Å². The number of ether oxygens (including phenoxy) is 2. The molecule has 31 heavy (non-hydrogen) atoms. The van der Waals surface area contributed by atoms with Crippen LogP contribution in [-0.2, 0) is 22.4 Å². The smallest absolute Gasteiger partial charge is 0.224 e. The van der Waals surface area contributed by atoms with Gasteiger partial charge in [-0.05, 0) is 48.2 Å². The van der Waals surface area contributed by atoms with Crippen LogP contribution in [0.15, 0.2) is 48.5 Å². The van der Waals surface area contributed by atoms with Crippen LogP contribution >= 0.6 is 0 Å². The number of hydrogen-bond donors (Lipinski definition) is 2. The summed E-state index contributed by atoms with van der Waals surface area (Å²) in [4.78, 5) is 25.3. The van der Waals surface area contributed by atoms with Crippen LogP contribution < -0.4 is 20.1 Å². The first-order valence-electron chi connectivity index (χ1n) is 10.9. The molecule has 0 saturated heterocycles. The predicted molar refractivity (Wildman–Crippen MR) is 120 cm³/mol. The predicted octanol–water partition coefficient (Wildman–Crippen LogP) is 3.42. The number of carbonyl (C=O) groups is 2. The fourth-order valence-electron chi connectivity index (χ4n) is 4.03. The molecule has 0 unspecified atom stereocenters. The van der Waals surface area contributed by atoms with E-state index in [4.69, 9.17) is 9.47 Å². The van der Waals surface area contributed by atoms with Gasteiger partial charge in [0.25, 0.3) is 0 Å². The third-order valence-electron chi connectivity index (χ3n) is 5.76. The molecule has 6 nitrogen and oxygen atoms in total. The standard InChI is InChI=1S/C25H32N2O4/c1-30-20-12-8-18(9-13-20)16-24(28)26-22-6-4-3-5-7-23(22)27-25(29)17-19-10-14-21(31-2)15-11-19/h8-15,22-23H,3-7,16-17H2,1-2H3,(H,26,28)(H,27,29)/t22-,23-/m1/s1. The van der Waals surface area contributed by atoms with Crippen LogP contribution in [0.25, 0.3) is 0 Å². The van der Waals surface area contributed by atoms with Gasteiger partial charge >= 0.3 is 0 Å². The molecular formula is C25H32N2O4. The summed E-state index contributed by atoms with van der Waals surface area (Å²) < 4.78 is 10.3. The maximum atomic E-state index is 12.7. The average Bonchev–Trinajstić information content (AvgIpc) is 2.99. The number of benzene rings is 2. The van der Waals surface area contributed by atoms with E-state index in [2.05, 4.69) is 10.6 Å². The fraction of sp³-hybridized carbons (Fsp3) is 0.440. The Balaban J connectivity index is 1.56. The highest BCUT2D eigenvalue weighted by Crippen LogP contribution is 2.19. The Kier molecular flexibility index (Phi) is 8.33. The first kappa shape index (κ1) is 22.7. The maximum Gasteiger partial charge on any atom is 0.224 e. The molecule has 0 aromatic heterocycles. The van der Waals surface area contributed by atoms with Crippen molar-refractivity contribution in [2.24, 2.45) is 0 Å². The fourth-order valence-corrected chi connectivity index (χ4v) is 4.03. The molecular weight excluding hydrogens is 392 g/mol. The largest absolute Gasteiger partial charge is 0.497 e. The van der Waals surface area contributed by atoms with Crippen molar-refractivity contribution < 1.29 is 19.1 Å². The van der Waals surface area contributed by atoms with E-state index >= 15 is 0 Å². The molecule has 0 radical (unpaired) electrons. The lowest BCUT2D eigenvalue weighted by molar-refractivity contribution is -0.124. The molecule has 1 aliphatic rings. The monoisotopic (exact) mass is 424 g/mol. The number of carbonyl (C=O) groups excluding carboxylic acids is 2. The molecule has 0 spiro atoms. The van der Waals surface area contributed by atoms with Crippen LogP contribution in [-0.4, -0.2) is 38.1 Å². The summed E-state index contributed by atoms with van der Waals surface area (Å²) >= 11 is 0. The summed E-state index contributed by atoms with van der Waals surface area (Å²) in [5.74, 6) is 1.50. The summed E-state index contributed by atoms with van der Waals surface area (Å²) in [7, 11) is 3.24. The second-order valence-electron chi connectivity index (χ2n) is 8.04. The number of amides is 2. The molecule has 1 saturated carbocycles. The molecule has 2 N–H and O–H groups in total. The molecule has 0 heterocycles. The number of methoxy groups -OCH3 is 2. The van der Waals surface area contributed by atoms with Gasteiger partial charge in [0, 0.05) is 12.1 Å². The molecule has 0 aliphatic heterocycles. The van der Waals surface area contributed by atoms with E-state index in [1.54, 1.807) is 14.2 Å². The lowest BCUT2D eigenvalue weighted by Crippen LogP contribution is -2.51. The molecule has 166 valence electrons. The zero-order valence-electron chi connectivity index (χ0n) is 18.4. The minimum atomic E-state index is -0.0481. The van der Waals surface area contributed by atoms with E-state index in [-0.39, 0.29) is 23.9 Å². The van der Waals surface area contributed by atoms with Crippen molar-refractivity contribution >= 4 is 11.8 Å². The van der Waals surface area contributed by atoms with Crippen molar-refractivity contribution in [2.75, 3.05) is 14.2 Å². The Hall–Kier alpha value is -3.02. The highest BCUT2D eigenvalue weighted by Gasteiger charge is 2.26. The zero-order valence-corrected chi connectivity index (χ0v) is 18.4. The van der Waals surface area contributed by atoms with Gasteiger partial charge < -0.3 is 20.1 Å². The van der Waals surface area contributed by atoms with Crippen LogP contribution in [0.4, 0.5) is 0 Å². The number of hydrogen-bond acceptors (Lipinski definition) is 4. The van der Waals surface area contributed by atoms with Gasteiger partial charge in [0.2, 0.25) is 11.8 Å². The number of nitrogens with one attached hydrogen (secondary N) is 2. The third-order valence-corrected chi connectivity index (χ3v) is 5.76. The first-order valence-corrected chi connectivity index (χ1v) is 10.9. The van der Waals surface area contributed by atoms with Crippen molar-refractivity contribution in [3.05, 3.63) is 59.7 Å². The maximum absolute atomic E-state index is 12.7. The Morgan fingerprint density at radius 2 is 1.10 bits per heavy atom. The molecule has 2 atom stereocenters. The quantitative estimate of drug-likeness (QED) is 0.637. The second kappa shape index (κ2) is 11.4. The molecule has 2 aromatic rings. The molecule has 6 heteroatoms. The zero-order chi connectivity index (χ0) is 22.1. The van der Waals surface area contributed by atoms with Gasteiger partial charge in [0.05, 0.1) is 27.1 Å². The van der Waals surface area contributed by atoms with E-state index in [0.717, 1.165) is 54.7 Å². The molecule has 1 fully saturated rings. The van der Waals surface area contributed by atoms with Gasteiger partial charge in [-0.1, -0.05) is 43.5 Å². The topological polar surface area (TPSA) is 76.7 Å². The minimum absolute atomic E-state index is 0.0218. The molecule has 1 aliphatic carbocycles. The first-order chi connectivity index (χ1) is 15.1. The second-order valence-corrected chi connectivity index (χ2v) is 8.04. The van der Waals surface area contributed by atoms with E-state index in [9.17, 15) is 9.59 Å². The highest BCUT2D eigenvalue weighted by molar-refractivity contribution is 5.80. The summed E-state index contributed by atoms with van der Waals surface area (Å²) in [6.45, 7) is 0. The van der Waals surface area contributed by atoms with Crippen molar-refractivity contribution in [3.8, 4) is 11.5 Å². The Bertz CT molecular complexity index is 777. The van der Waals surface area contributed by atoms with Gasteiger partial charge in [0.15, 0.2) is 0 Å². The van der Waals surface area contributed by atoms with Gasteiger partial charge in [-0.3, -0.25) is 9.59 Å². The van der Waals surface area contributed by atoms with Crippen LogP contribution in [0, 0.1) is 0 Å². The lowest BCUT2D eigenvalue weighted by Gasteiger charge is -2.27. The Labute approximate surface area is 184 Å². The van der Waals surface area contributed by atoms with Crippen LogP contribution in [0.2, 0.25) is 0 Å². The van der Waals surface area contributed by atoms with Gasteiger partial charge in [0.1, 0.15) is 11.5 Å². The SMILES string of the molecule is COc1ccc(CC(=O)N[C@@H]2CCCCC[C@H]2NC(=O)Cc2ccc(OC)cc2)cc1. The summed E-state index contributed by atoms with van der Waals surface area (Å²) in [6.07, 6.45) is 5.61. The van der Waals surface area contributed by atoms with Crippen molar-refractivity contribution in [1.82, 2.24) is 10.6 Å². The number of rotatable bonds is 8. The molecule has 2 aromatic carbocycles. The van der Waals surface area contributed by atoms with Crippen molar-refractivity contribution in [2.45, 2.75) is 57.0 Å². The molecule has 3 rings (SSSR count). The lowest BCUT2D eigenvalue weighted by atomic mass is 10.0. The summed E-state index contributed by atoms with van der Waals surface area (Å²) in [5, 5.41) is 6.34. The Morgan fingerprint density at radius 1 is 0.710 bits per heavy atom. The van der Waals surface area contributed by atoms with E-state index in [1.807, 2.05) is 48.5 Å². The summed E-state index contributed by atoms with van der Waals surface area (Å²) in [5.41, 5.74) is 1.87. The highest BCUT2D eigenvalue weighted by atomic mass is 16.5. The van der Waals surface area contributed by atoms with Crippen molar-refractivity contribution in [3.63, 3.8) is 0 Å². The average molecular weight is 425 g/mol. The Morgan fingerprint density at radius 3 is 1.45 bits per heavy atom. The van der Waals surface area contributed by atoms with Gasteiger partial charge in [-0.25, -0.2) is 0 Å². The van der Waals surface area contributed by atoms with Gasteiger partial charge in [-0.15, -0.1) is 0 Å². The van der Waals surface area contributed by atoms with Crippen LogP contribution in [0.3, 0.4) is 0 Å². The van der Waals surface area contributed by atoms with E-state index in [1.165, 1.54) is 0 Å². The van der Waals surface area contributed by atoms with Gasteiger partial charge in [-0.2, -0.15) is 0 Å². The molecule has 0 bridgehead atoms. The van der Waals surface area contributed by atoms with Crippen LogP contribution in [0.1, 0.15) is 43.2 Å². The molecule has 2 amide bonds. The van der Waals surface area contributed by atoms with E-state index < -0.39 is 0 Å². The third kappa shape index (κ3) is 7.02. The van der Waals surface area contributed by atoms with Crippen molar-refractivity contribution in [1.29, 1.82) is 0 Å². The summed E-state index contributed by atoms with van der Waals surface area (Å²) in [6, 6.07) is 14.9. The normalized spacial score (nSPS) is 18.5. The van der Waals surface area contributed by atoms with E-state index in [0.29, 0.717) is 12.8 Å². The minimum Gasteiger partial charge on any atom is -0.497 e.